The first kappa shape index (κ1) is 10.3. The van der Waals surface area contributed by atoms with Crippen LogP contribution in [0, 0.1) is 13.8 Å². The van der Waals surface area contributed by atoms with E-state index in [1.54, 1.807) is 0 Å². The normalized spacial score (nSPS) is 11.5. The molecule has 0 atom stereocenters. The molecule has 0 saturated heterocycles. The van der Waals surface area contributed by atoms with Crippen LogP contribution in [-0.4, -0.2) is 9.38 Å². The Morgan fingerprint density at radius 3 is 2.82 bits per heavy atom. The lowest BCUT2D eigenvalue weighted by atomic mass is 10.1. The summed E-state index contributed by atoms with van der Waals surface area (Å²) in [6.45, 7) is 4.70. The van der Waals surface area contributed by atoms with Gasteiger partial charge in [0.2, 0.25) is 0 Å². The highest BCUT2D eigenvalue weighted by atomic mass is 15.0. The lowest BCUT2D eigenvalue weighted by Crippen LogP contribution is -1.97. The third-order valence-corrected chi connectivity index (χ3v) is 3.18. The smallest absolute Gasteiger partial charge is 0.137 e. The summed E-state index contributed by atoms with van der Waals surface area (Å²) in [7, 11) is 0. The minimum atomic E-state index is 0.569. The molecule has 17 heavy (non-hydrogen) atoms. The Bertz CT molecular complexity index is 710. The summed E-state index contributed by atoms with van der Waals surface area (Å²) >= 11 is 0. The molecule has 2 aromatic heterocycles. The van der Waals surface area contributed by atoms with Crippen LogP contribution in [0.2, 0.25) is 0 Å². The van der Waals surface area contributed by atoms with Gasteiger partial charge in [0.1, 0.15) is 5.65 Å². The van der Waals surface area contributed by atoms with Crippen molar-refractivity contribution in [1.82, 2.24) is 9.38 Å². The molecule has 3 aromatic rings. The van der Waals surface area contributed by atoms with Gasteiger partial charge < -0.3 is 5.73 Å². The highest BCUT2D eigenvalue weighted by Crippen LogP contribution is 2.22. The van der Waals surface area contributed by atoms with Crippen molar-refractivity contribution in [2.24, 2.45) is 5.73 Å². The zero-order chi connectivity index (χ0) is 12.0. The molecule has 0 unspecified atom stereocenters. The van der Waals surface area contributed by atoms with Gasteiger partial charge in [-0.3, -0.25) is 4.40 Å². The SMILES string of the molecule is Cc1cn2c(cc(C)c3ccc(CN)cc32)n1. The average Bonchev–Trinajstić information content (AvgIpc) is 2.69. The molecule has 0 amide bonds. The number of aryl methyl sites for hydroxylation is 2. The minimum Gasteiger partial charge on any atom is -0.326 e. The third kappa shape index (κ3) is 1.51. The van der Waals surface area contributed by atoms with Crippen molar-refractivity contribution in [3.05, 3.63) is 47.3 Å². The topological polar surface area (TPSA) is 43.3 Å². The van der Waals surface area contributed by atoms with Crippen LogP contribution < -0.4 is 5.73 Å². The van der Waals surface area contributed by atoms with Gasteiger partial charge in [0, 0.05) is 18.1 Å². The van der Waals surface area contributed by atoms with E-state index in [1.807, 2.05) is 6.92 Å². The summed E-state index contributed by atoms with van der Waals surface area (Å²) < 4.78 is 2.14. The van der Waals surface area contributed by atoms with Gasteiger partial charge in [-0.15, -0.1) is 0 Å². The summed E-state index contributed by atoms with van der Waals surface area (Å²) in [4.78, 5) is 4.51. The molecule has 0 aliphatic carbocycles. The third-order valence-electron chi connectivity index (χ3n) is 3.18. The van der Waals surface area contributed by atoms with Gasteiger partial charge in [-0.25, -0.2) is 4.98 Å². The average molecular weight is 225 g/mol. The Labute approximate surface area is 99.9 Å². The van der Waals surface area contributed by atoms with Gasteiger partial charge >= 0.3 is 0 Å². The van der Waals surface area contributed by atoms with Crippen molar-refractivity contribution >= 4 is 16.6 Å². The van der Waals surface area contributed by atoms with E-state index >= 15 is 0 Å². The van der Waals surface area contributed by atoms with E-state index in [4.69, 9.17) is 5.73 Å². The molecule has 3 nitrogen and oxygen atoms in total. The van der Waals surface area contributed by atoms with Crippen LogP contribution >= 0.6 is 0 Å². The Balaban J connectivity index is 2.51. The fourth-order valence-corrected chi connectivity index (χ4v) is 2.32. The quantitative estimate of drug-likeness (QED) is 0.691. The molecule has 0 saturated carbocycles. The standard InChI is InChI=1S/C14H15N3/c1-9-5-14-16-10(2)8-17(14)13-6-11(7-15)3-4-12(9)13/h3-6,8H,7,15H2,1-2H3. The van der Waals surface area contributed by atoms with E-state index in [0.717, 1.165) is 16.9 Å². The molecular formula is C14H15N3. The number of pyridine rings is 1. The second-order valence-electron chi connectivity index (χ2n) is 4.49. The number of hydrogen-bond acceptors (Lipinski definition) is 2. The highest BCUT2D eigenvalue weighted by Gasteiger charge is 2.06. The first-order valence-corrected chi connectivity index (χ1v) is 5.77. The van der Waals surface area contributed by atoms with Gasteiger partial charge in [-0.1, -0.05) is 12.1 Å². The van der Waals surface area contributed by atoms with Crippen LogP contribution in [0.25, 0.3) is 16.6 Å². The molecule has 0 bridgehead atoms. The van der Waals surface area contributed by atoms with Gasteiger partial charge in [0.25, 0.3) is 0 Å². The van der Waals surface area contributed by atoms with Crippen LogP contribution in [-0.2, 0) is 6.54 Å². The number of benzene rings is 1. The maximum Gasteiger partial charge on any atom is 0.137 e. The molecule has 0 radical (unpaired) electrons. The minimum absolute atomic E-state index is 0.569. The number of rotatable bonds is 1. The van der Waals surface area contributed by atoms with Crippen molar-refractivity contribution in [2.45, 2.75) is 20.4 Å². The van der Waals surface area contributed by atoms with Crippen molar-refractivity contribution in [2.75, 3.05) is 0 Å². The predicted octanol–water partition coefficient (Wildman–Crippen LogP) is 2.56. The second-order valence-corrected chi connectivity index (χ2v) is 4.49. The zero-order valence-corrected chi connectivity index (χ0v) is 10.1. The van der Waals surface area contributed by atoms with Crippen LogP contribution in [0.4, 0.5) is 0 Å². The fraction of sp³-hybridized carbons (Fsp3) is 0.214. The number of aromatic nitrogens is 2. The number of nitrogens with zero attached hydrogens (tertiary/aromatic N) is 2. The number of nitrogens with two attached hydrogens (primary N) is 1. The molecule has 0 spiro atoms. The van der Waals surface area contributed by atoms with Crippen LogP contribution in [0.15, 0.2) is 30.5 Å². The Kier molecular flexibility index (Phi) is 2.16. The Morgan fingerprint density at radius 1 is 1.24 bits per heavy atom. The summed E-state index contributed by atoms with van der Waals surface area (Å²) in [6.07, 6.45) is 2.07. The molecule has 0 aliphatic rings. The number of imidazole rings is 1. The van der Waals surface area contributed by atoms with E-state index in [-0.39, 0.29) is 0 Å². The summed E-state index contributed by atoms with van der Waals surface area (Å²) in [5.74, 6) is 0. The maximum absolute atomic E-state index is 5.70. The van der Waals surface area contributed by atoms with E-state index in [1.165, 1.54) is 16.5 Å². The van der Waals surface area contributed by atoms with E-state index in [0.29, 0.717) is 6.54 Å². The summed E-state index contributed by atoms with van der Waals surface area (Å²) in [5.41, 5.74) is 11.3. The monoisotopic (exact) mass is 225 g/mol. The molecule has 86 valence electrons. The maximum atomic E-state index is 5.70. The van der Waals surface area contributed by atoms with Crippen molar-refractivity contribution < 1.29 is 0 Å². The zero-order valence-electron chi connectivity index (χ0n) is 10.1. The number of hydrogen-bond donors (Lipinski definition) is 1. The Hall–Kier alpha value is -1.87. The van der Waals surface area contributed by atoms with Gasteiger partial charge in [0.05, 0.1) is 11.2 Å². The predicted molar refractivity (Wildman–Crippen MR) is 70.1 cm³/mol. The summed E-state index contributed by atoms with van der Waals surface area (Å²) in [6, 6.07) is 8.50. The molecule has 3 heteroatoms. The molecule has 3 rings (SSSR count). The van der Waals surface area contributed by atoms with E-state index < -0.39 is 0 Å². The van der Waals surface area contributed by atoms with Gasteiger partial charge in [-0.2, -0.15) is 0 Å². The summed E-state index contributed by atoms with van der Waals surface area (Å²) in [5, 5.41) is 1.26. The number of fused-ring (bicyclic) bond motifs is 3. The first-order chi connectivity index (χ1) is 8.19. The first-order valence-electron chi connectivity index (χ1n) is 5.77. The molecule has 2 N–H and O–H groups in total. The molecule has 2 heterocycles. The molecular weight excluding hydrogens is 210 g/mol. The van der Waals surface area contributed by atoms with Crippen LogP contribution in [0.3, 0.4) is 0 Å². The van der Waals surface area contributed by atoms with Gasteiger partial charge in [-0.05, 0) is 37.1 Å². The highest BCUT2D eigenvalue weighted by molar-refractivity contribution is 5.86. The Morgan fingerprint density at radius 2 is 2.06 bits per heavy atom. The molecule has 0 aliphatic heterocycles. The van der Waals surface area contributed by atoms with E-state index in [2.05, 4.69) is 46.8 Å². The van der Waals surface area contributed by atoms with Gasteiger partial charge in [0.15, 0.2) is 0 Å². The largest absolute Gasteiger partial charge is 0.326 e. The second kappa shape index (κ2) is 3.57. The van der Waals surface area contributed by atoms with E-state index in [9.17, 15) is 0 Å². The lowest BCUT2D eigenvalue weighted by Gasteiger charge is -2.07. The molecule has 0 fully saturated rings. The van der Waals surface area contributed by atoms with Crippen molar-refractivity contribution in [3.8, 4) is 0 Å². The van der Waals surface area contributed by atoms with Crippen LogP contribution in [0.5, 0.6) is 0 Å². The fourth-order valence-electron chi connectivity index (χ4n) is 2.32. The molecule has 1 aromatic carbocycles. The van der Waals surface area contributed by atoms with Crippen molar-refractivity contribution in [1.29, 1.82) is 0 Å². The van der Waals surface area contributed by atoms with Crippen LogP contribution in [0.1, 0.15) is 16.8 Å². The lowest BCUT2D eigenvalue weighted by molar-refractivity contribution is 1.07. The van der Waals surface area contributed by atoms with Crippen molar-refractivity contribution in [3.63, 3.8) is 0 Å².